The number of hydrogen-bond donors (Lipinski definition) is 0. The fourth-order valence-corrected chi connectivity index (χ4v) is 2.69. The first-order valence-corrected chi connectivity index (χ1v) is 8.82. The topological polar surface area (TPSA) is 52.6 Å². The van der Waals surface area contributed by atoms with Crippen LogP contribution in [0.2, 0.25) is 15.1 Å². The number of halogens is 3. The number of carbonyl (C=O) groups excluding carboxylic acids is 2. The minimum Gasteiger partial charge on any atom is -0.423 e. The summed E-state index contributed by atoms with van der Waals surface area (Å²) >= 11 is 17.8. The first-order valence-electron chi connectivity index (χ1n) is 7.68. The Bertz CT molecular complexity index is 1020. The standard InChI is InChI=1S/C20H11Cl3O4/c21-15-10-9-12(11-17(15)23)26-19(24)13-5-1-2-6-14(13)20(25)27-18-8-4-3-7-16(18)22/h1-11H. The summed E-state index contributed by atoms with van der Waals surface area (Å²) in [5.41, 5.74) is 0.0862. The first-order chi connectivity index (χ1) is 13.0. The summed E-state index contributed by atoms with van der Waals surface area (Å²) in [5, 5.41) is 0.857. The van der Waals surface area contributed by atoms with E-state index in [1.807, 2.05) is 0 Å². The third kappa shape index (κ3) is 4.61. The van der Waals surface area contributed by atoms with Gasteiger partial charge < -0.3 is 9.47 Å². The molecule has 136 valence electrons. The monoisotopic (exact) mass is 420 g/mol. The average Bonchev–Trinajstić information content (AvgIpc) is 2.66. The van der Waals surface area contributed by atoms with Crippen LogP contribution in [0.5, 0.6) is 11.5 Å². The maximum Gasteiger partial charge on any atom is 0.344 e. The first kappa shape index (κ1) is 19.2. The van der Waals surface area contributed by atoms with Crippen molar-refractivity contribution in [3.8, 4) is 11.5 Å². The van der Waals surface area contributed by atoms with Crippen LogP contribution in [0.1, 0.15) is 20.7 Å². The Balaban J connectivity index is 1.84. The van der Waals surface area contributed by atoms with Gasteiger partial charge in [0.15, 0.2) is 0 Å². The molecule has 0 unspecified atom stereocenters. The molecule has 0 aliphatic carbocycles. The SMILES string of the molecule is O=C(Oc1ccc(Cl)c(Cl)c1)c1ccccc1C(=O)Oc1ccccc1Cl. The molecule has 27 heavy (non-hydrogen) atoms. The van der Waals surface area contributed by atoms with Gasteiger partial charge in [-0.3, -0.25) is 0 Å². The van der Waals surface area contributed by atoms with E-state index in [-0.39, 0.29) is 32.7 Å². The van der Waals surface area contributed by atoms with Gasteiger partial charge in [-0.2, -0.15) is 0 Å². The van der Waals surface area contributed by atoms with E-state index in [2.05, 4.69) is 0 Å². The molecule has 3 rings (SSSR count). The van der Waals surface area contributed by atoms with Crippen molar-refractivity contribution in [2.24, 2.45) is 0 Å². The van der Waals surface area contributed by atoms with E-state index in [1.165, 1.54) is 30.3 Å². The Morgan fingerprint density at radius 1 is 0.630 bits per heavy atom. The molecule has 3 aromatic rings. The lowest BCUT2D eigenvalue weighted by Crippen LogP contribution is -2.17. The van der Waals surface area contributed by atoms with E-state index in [9.17, 15) is 9.59 Å². The van der Waals surface area contributed by atoms with Gasteiger partial charge in [-0.25, -0.2) is 9.59 Å². The third-order valence-corrected chi connectivity index (χ3v) is 4.56. The van der Waals surface area contributed by atoms with E-state index >= 15 is 0 Å². The molecular weight excluding hydrogens is 411 g/mol. The molecule has 7 heteroatoms. The smallest absolute Gasteiger partial charge is 0.344 e. The van der Waals surface area contributed by atoms with E-state index < -0.39 is 11.9 Å². The summed E-state index contributed by atoms with van der Waals surface area (Å²) in [7, 11) is 0. The van der Waals surface area contributed by atoms with E-state index in [0.717, 1.165) is 0 Å². The zero-order chi connectivity index (χ0) is 19.4. The number of ether oxygens (including phenoxy) is 2. The van der Waals surface area contributed by atoms with Crippen LogP contribution in [0.15, 0.2) is 66.7 Å². The Kier molecular flexibility index (Phi) is 6.01. The number of hydrogen-bond acceptors (Lipinski definition) is 4. The third-order valence-electron chi connectivity index (χ3n) is 3.51. The van der Waals surface area contributed by atoms with Gasteiger partial charge in [-0.1, -0.05) is 59.1 Å². The highest BCUT2D eigenvalue weighted by atomic mass is 35.5. The Hall–Kier alpha value is -2.53. The molecule has 0 fully saturated rings. The predicted octanol–water partition coefficient (Wildman–Crippen LogP) is 6.09. The lowest BCUT2D eigenvalue weighted by atomic mass is 10.1. The Morgan fingerprint density at radius 2 is 1.22 bits per heavy atom. The second-order valence-electron chi connectivity index (χ2n) is 5.33. The number of benzene rings is 3. The predicted molar refractivity (Wildman–Crippen MR) is 104 cm³/mol. The minimum absolute atomic E-state index is 0.0422. The van der Waals surface area contributed by atoms with Crippen molar-refractivity contribution in [2.45, 2.75) is 0 Å². The molecule has 0 atom stereocenters. The van der Waals surface area contributed by atoms with Crippen molar-refractivity contribution < 1.29 is 19.1 Å². The lowest BCUT2D eigenvalue weighted by Gasteiger charge is -2.10. The zero-order valence-electron chi connectivity index (χ0n) is 13.6. The lowest BCUT2D eigenvalue weighted by molar-refractivity contribution is 0.0692. The normalized spacial score (nSPS) is 10.3. The minimum atomic E-state index is -0.736. The van der Waals surface area contributed by atoms with Gasteiger partial charge in [0, 0.05) is 6.07 Å². The maximum atomic E-state index is 12.5. The van der Waals surface area contributed by atoms with Crippen molar-refractivity contribution in [2.75, 3.05) is 0 Å². The summed E-state index contributed by atoms with van der Waals surface area (Å²) in [5.74, 6) is -1.08. The Morgan fingerprint density at radius 3 is 1.85 bits per heavy atom. The van der Waals surface area contributed by atoms with E-state index in [1.54, 1.807) is 36.4 Å². The summed E-state index contributed by atoms with van der Waals surface area (Å²) in [4.78, 5) is 25.0. The van der Waals surface area contributed by atoms with Gasteiger partial charge in [-0.15, -0.1) is 0 Å². The van der Waals surface area contributed by atoms with Crippen molar-refractivity contribution in [1.29, 1.82) is 0 Å². The van der Waals surface area contributed by atoms with Crippen molar-refractivity contribution in [3.63, 3.8) is 0 Å². The molecule has 0 N–H and O–H groups in total. The van der Waals surface area contributed by atoms with Gasteiger partial charge in [0.05, 0.1) is 26.2 Å². The van der Waals surface area contributed by atoms with Crippen LogP contribution in [0.25, 0.3) is 0 Å². The maximum absolute atomic E-state index is 12.5. The van der Waals surface area contributed by atoms with Crippen molar-refractivity contribution >= 4 is 46.7 Å². The van der Waals surface area contributed by atoms with Crippen LogP contribution >= 0.6 is 34.8 Å². The highest BCUT2D eigenvalue weighted by Gasteiger charge is 2.21. The fraction of sp³-hybridized carbons (Fsp3) is 0. The van der Waals surface area contributed by atoms with E-state index in [0.29, 0.717) is 5.02 Å². The molecule has 3 aromatic carbocycles. The van der Waals surface area contributed by atoms with Gasteiger partial charge in [0.1, 0.15) is 11.5 Å². The largest absolute Gasteiger partial charge is 0.423 e. The molecule has 0 spiro atoms. The summed E-state index contributed by atoms with van der Waals surface area (Å²) in [6.07, 6.45) is 0. The van der Waals surface area contributed by atoms with Gasteiger partial charge >= 0.3 is 11.9 Å². The number of carbonyl (C=O) groups is 2. The van der Waals surface area contributed by atoms with Crippen LogP contribution in [-0.2, 0) is 0 Å². The molecule has 0 aromatic heterocycles. The summed E-state index contributed by atoms with van der Waals surface area (Å²) < 4.78 is 10.6. The van der Waals surface area contributed by atoms with Gasteiger partial charge in [-0.05, 0) is 36.4 Å². The molecule has 0 saturated heterocycles. The highest BCUT2D eigenvalue weighted by Crippen LogP contribution is 2.28. The highest BCUT2D eigenvalue weighted by molar-refractivity contribution is 6.42. The number of para-hydroxylation sites is 1. The second-order valence-corrected chi connectivity index (χ2v) is 6.55. The zero-order valence-corrected chi connectivity index (χ0v) is 15.9. The molecule has 0 radical (unpaired) electrons. The molecule has 0 bridgehead atoms. The van der Waals surface area contributed by atoms with Crippen molar-refractivity contribution in [1.82, 2.24) is 0 Å². The molecule has 0 amide bonds. The van der Waals surface area contributed by atoms with Gasteiger partial charge in [0.2, 0.25) is 0 Å². The number of rotatable bonds is 4. The fourth-order valence-electron chi connectivity index (χ4n) is 2.22. The molecule has 0 saturated carbocycles. The summed E-state index contributed by atoms with van der Waals surface area (Å²) in [6.45, 7) is 0. The van der Waals surface area contributed by atoms with Crippen LogP contribution in [0.4, 0.5) is 0 Å². The average molecular weight is 422 g/mol. The van der Waals surface area contributed by atoms with Crippen LogP contribution in [-0.4, -0.2) is 11.9 Å². The van der Waals surface area contributed by atoms with Crippen LogP contribution < -0.4 is 9.47 Å². The molecule has 0 aliphatic heterocycles. The van der Waals surface area contributed by atoms with Crippen molar-refractivity contribution in [3.05, 3.63) is 92.9 Å². The van der Waals surface area contributed by atoms with Crippen LogP contribution in [0.3, 0.4) is 0 Å². The molecular formula is C20H11Cl3O4. The molecule has 4 nitrogen and oxygen atoms in total. The van der Waals surface area contributed by atoms with E-state index in [4.69, 9.17) is 44.3 Å². The number of esters is 2. The molecule has 0 aliphatic rings. The quantitative estimate of drug-likeness (QED) is 0.378. The van der Waals surface area contributed by atoms with Crippen LogP contribution in [0, 0.1) is 0 Å². The Labute approximate surface area is 170 Å². The molecule has 0 heterocycles. The summed E-state index contributed by atoms with van der Waals surface area (Å²) in [6, 6.07) is 17.1. The van der Waals surface area contributed by atoms with Gasteiger partial charge in [0.25, 0.3) is 0 Å². The second kappa shape index (κ2) is 8.44.